The van der Waals surface area contributed by atoms with Gasteiger partial charge in [-0.2, -0.15) is 0 Å². The molecule has 112 valence electrons. The van der Waals surface area contributed by atoms with Crippen LogP contribution in [0.4, 0.5) is 4.39 Å². The molecule has 3 heteroatoms. The topological polar surface area (TPSA) is 46.2 Å². The summed E-state index contributed by atoms with van der Waals surface area (Å²) in [4.78, 5) is 0. The van der Waals surface area contributed by atoms with Gasteiger partial charge in [0.05, 0.1) is 6.10 Å². The number of hydrogen-bond acceptors (Lipinski definition) is 2. The van der Waals surface area contributed by atoms with Crippen molar-refractivity contribution >= 4 is 0 Å². The van der Waals surface area contributed by atoms with Crippen LogP contribution in [0.15, 0.2) is 48.5 Å². The fourth-order valence-electron chi connectivity index (χ4n) is 2.37. The number of aliphatic hydroxyl groups is 1. The molecular weight excluding hydrogens is 265 g/mol. The van der Waals surface area contributed by atoms with E-state index in [4.69, 9.17) is 5.73 Å². The Labute approximate surface area is 125 Å². The van der Waals surface area contributed by atoms with Gasteiger partial charge in [-0.15, -0.1) is 0 Å². The van der Waals surface area contributed by atoms with Gasteiger partial charge in [0.1, 0.15) is 5.82 Å². The highest BCUT2D eigenvalue weighted by Crippen LogP contribution is 2.21. The molecule has 0 saturated carbocycles. The summed E-state index contributed by atoms with van der Waals surface area (Å²) in [7, 11) is 0. The van der Waals surface area contributed by atoms with Crippen LogP contribution in [0.1, 0.15) is 42.6 Å². The van der Waals surface area contributed by atoms with Crippen LogP contribution in [0, 0.1) is 5.82 Å². The van der Waals surface area contributed by atoms with Crippen molar-refractivity contribution in [2.24, 2.45) is 5.73 Å². The first-order chi connectivity index (χ1) is 9.97. The second kappa shape index (κ2) is 6.83. The smallest absolute Gasteiger partial charge is 0.123 e. The molecule has 0 aromatic heterocycles. The van der Waals surface area contributed by atoms with E-state index in [1.54, 1.807) is 12.1 Å². The summed E-state index contributed by atoms with van der Waals surface area (Å²) < 4.78 is 12.9. The Kier molecular flexibility index (Phi) is 5.10. The largest absolute Gasteiger partial charge is 0.387 e. The molecular formula is C18H22FNO. The van der Waals surface area contributed by atoms with Crippen molar-refractivity contribution in [2.45, 2.75) is 38.3 Å². The number of benzene rings is 2. The van der Waals surface area contributed by atoms with Gasteiger partial charge in [-0.3, -0.25) is 0 Å². The highest BCUT2D eigenvalue weighted by atomic mass is 19.1. The number of rotatable bonds is 5. The number of nitrogens with two attached hydrogens (primary N) is 1. The van der Waals surface area contributed by atoms with Crippen molar-refractivity contribution in [1.29, 1.82) is 0 Å². The summed E-state index contributed by atoms with van der Waals surface area (Å²) in [5.41, 5.74) is 9.11. The summed E-state index contributed by atoms with van der Waals surface area (Å²) in [6.07, 6.45) is -0.215. The quantitative estimate of drug-likeness (QED) is 0.883. The van der Waals surface area contributed by atoms with Gasteiger partial charge in [-0.05, 0) is 41.2 Å². The lowest BCUT2D eigenvalue weighted by Crippen LogP contribution is -2.30. The Hall–Kier alpha value is -1.71. The van der Waals surface area contributed by atoms with E-state index in [1.807, 2.05) is 12.1 Å². The molecule has 2 aromatic rings. The van der Waals surface area contributed by atoms with E-state index in [9.17, 15) is 9.50 Å². The molecule has 0 bridgehead atoms. The van der Waals surface area contributed by atoms with Crippen molar-refractivity contribution in [3.8, 4) is 0 Å². The summed E-state index contributed by atoms with van der Waals surface area (Å²) in [6.45, 7) is 4.29. The van der Waals surface area contributed by atoms with Crippen LogP contribution < -0.4 is 5.73 Å². The molecule has 2 atom stereocenters. The van der Waals surface area contributed by atoms with Gasteiger partial charge in [0.15, 0.2) is 0 Å². The SMILES string of the molecule is CC(C)c1cccc(CC(N)C(O)c2ccc(F)cc2)c1. The fourth-order valence-corrected chi connectivity index (χ4v) is 2.37. The van der Waals surface area contributed by atoms with Crippen molar-refractivity contribution < 1.29 is 9.50 Å². The second-order valence-corrected chi connectivity index (χ2v) is 5.76. The van der Waals surface area contributed by atoms with Crippen LogP contribution in [0.2, 0.25) is 0 Å². The maximum atomic E-state index is 12.9. The lowest BCUT2D eigenvalue weighted by molar-refractivity contribution is 0.146. The molecule has 0 amide bonds. The van der Waals surface area contributed by atoms with E-state index in [0.717, 1.165) is 5.56 Å². The lowest BCUT2D eigenvalue weighted by Gasteiger charge is -2.20. The summed E-state index contributed by atoms with van der Waals surface area (Å²) in [5, 5.41) is 10.3. The minimum atomic E-state index is -0.798. The molecule has 0 spiro atoms. The Morgan fingerprint density at radius 3 is 2.33 bits per heavy atom. The third-order valence-corrected chi connectivity index (χ3v) is 3.71. The van der Waals surface area contributed by atoms with E-state index in [2.05, 4.69) is 26.0 Å². The second-order valence-electron chi connectivity index (χ2n) is 5.76. The molecule has 0 aliphatic heterocycles. The van der Waals surface area contributed by atoms with Gasteiger partial charge < -0.3 is 10.8 Å². The average molecular weight is 287 g/mol. The zero-order valence-corrected chi connectivity index (χ0v) is 12.5. The van der Waals surface area contributed by atoms with Crippen molar-refractivity contribution in [3.05, 3.63) is 71.0 Å². The molecule has 2 aromatic carbocycles. The summed E-state index contributed by atoms with van der Waals surface area (Å²) >= 11 is 0. The molecule has 0 aliphatic rings. The lowest BCUT2D eigenvalue weighted by atomic mass is 9.94. The highest BCUT2D eigenvalue weighted by Gasteiger charge is 2.17. The molecule has 21 heavy (non-hydrogen) atoms. The van der Waals surface area contributed by atoms with Crippen molar-refractivity contribution in [3.63, 3.8) is 0 Å². The molecule has 0 radical (unpaired) electrons. The predicted molar refractivity (Wildman–Crippen MR) is 83.6 cm³/mol. The fraction of sp³-hybridized carbons (Fsp3) is 0.333. The van der Waals surface area contributed by atoms with Crippen LogP contribution in [-0.4, -0.2) is 11.1 Å². The van der Waals surface area contributed by atoms with E-state index in [1.165, 1.54) is 17.7 Å². The molecule has 2 nitrogen and oxygen atoms in total. The van der Waals surface area contributed by atoms with E-state index in [-0.39, 0.29) is 5.82 Å². The van der Waals surface area contributed by atoms with Crippen LogP contribution in [-0.2, 0) is 6.42 Å². The molecule has 0 aliphatic carbocycles. The Bertz CT molecular complexity index is 580. The molecule has 0 fully saturated rings. The predicted octanol–water partition coefficient (Wildman–Crippen LogP) is 3.55. The summed E-state index contributed by atoms with van der Waals surface area (Å²) in [6, 6.07) is 13.7. The zero-order chi connectivity index (χ0) is 15.4. The number of aliphatic hydroxyl groups excluding tert-OH is 1. The first kappa shape index (κ1) is 15.7. The van der Waals surface area contributed by atoms with E-state index in [0.29, 0.717) is 17.9 Å². The molecule has 2 unspecified atom stereocenters. The third kappa shape index (κ3) is 4.13. The number of hydrogen-bond donors (Lipinski definition) is 2. The molecule has 0 saturated heterocycles. The van der Waals surface area contributed by atoms with Gasteiger partial charge in [-0.25, -0.2) is 4.39 Å². The Morgan fingerprint density at radius 1 is 1.05 bits per heavy atom. The van der Waals surface area contributed by atoms with Gasteiger partial charge >= 0.3 is 0 Å². The van der Waals surface area contributed by atoms with Gasteiger partial charge in [-0.1, -0.05) is 50.2 Å². The number of halogens is 1. The third-order valence-electron chi connectivity index (χ3n) is 3.71. The Morgan fingerprint density at radius 2 is 1.71 bits per heavy atom. The van der Waals surface area contributed by atoms with Crippen LogP contribution in [0.3, 0.4) is 0 Å². The molecule has 2 rings (SSSR count). The highest BCUT2D eigenvalue weighted by molar-refractivity contribution is 5.27. The van der Waals surface area contributed by atoms with Crippen LogP contribution >= 0.6 is 0 Å². The minimum Gasteiger partial charge on any atom is -0.387 e. The standard InChI is InChI=1S/C18H22FNO/c1-12(2)15-5-3-4-13(10-15)11-17(20)18(21)14-6-8-16(19)9-7-14/h3-10,12,17-18,21H,11,20H2,1-2H3. The van der Waals surface area contributed by atoms with E-state index < -0.39 is 12.1 Å². The first-order valence-corrected chi connectivity index (χ1v) is 7.25. The summed E-state index contributed by atoms with van der Waals surface area (Å²) in [5.74, 6) is 0.146. The van der Waals surface area contributed by atoms with Gasteiger partial charge in [0.2, 0.25) is 0 Å². The maximum Gasteiger partial charge on any atom is 0.123 e. The average Bonchev–Trinajstić information content (AvgIpc) is 2.47. The van der Waals surface area contributed by atoms with Gasteiger partial charge in [0, 0.05) is 6.04 Å². The van der Waals surface area contributed by atoms with Crippen molar-refractivity contribution in [1.82, 2.24) is 0 Å². The van der Waals surface area contributed by atoms with Gasteiger partial charge in [0.25, 0.3) is 0 Å². The maximum absolute atomic E-state index is 12.9. The van der Waals surface area contributed by atoms with Crippen molar-refractivity contribution in [2.75, 3.05) is 0 Å². The Balaban J connectivity index is 2.08. The van der Waals surface area contributed by atoms with Crippen LogP contribution in [0.25, 0.3) is 0 Å². The molecule has 0 heterocycles. The first-order valence-electron chi connectivity index (χ1n) is 7.25. The normalized spacial score (nSPS) is 14.2. The molecule has 3 N–H and O–H groups in total. The minimum absolute atomic E-state index is 0.316. The monoisotopic (exact) mass is 287 g/mol. The van der Waals surface area contributed by atoms with Crippen LogP contribution in [0.5, 0.6) is 0 Å². The zero-order valence-electron chi connectivity index (χ0n) is 12.5. The van der Waals surface area contributed by atoms with E-state index >= 15 is 0 Å².